The van der Waals surface area contributed by atoms with Gasteiger partial charge in [0.15, 0.2) is 11.6 Å². The molecule has 0 aliphatic heterocycles. The lowest BCUT2D eigenvalue weighted by Gasteiger charge is -2.15. The fourth-order valence-electron chi connectivity index (χ4n) is 3.08. The van der Waals surface area contributed by atoms with Gasteiger partial charge in [-0.05, 0) is 79.9 Å². The molecule has 0 saturated heterocycles. The third kappa shape index (κ3) is 4.55. The van der Waals surface area contributed by atoms with Crippen LogP contribution in [0.5, 0.6) is 0 Å². The maximum Gasteiger partial charge on any atom is 0.263 e. The second-order valence-electron chi connectivity index (χ2n) is 7.35. The first kappa shape index (κ1) is 21.3. The summed E-state index contributed by atoms with van der Waals surface area (Å²) in [4.78, 5) is 9.33. The molecule has 0 aliphatic carbocycles. The number of benzene rings is 3. The van der Waals surface area contributed by atoms with E-state index in [1.165, 1.54) is 0 Å². The number of nitrogens with one attached hydrogen (secondary N) is 2. The van der Waals surface area contributed by atoms with Crippen molar-refractivity contribution in [2.75, 3.05) is 10.0 Å². The number of aromatic nitrogens is 2. The Morgan fingerprint density at radius 1 is 0.774 bits per heavy atom. The molecule has 0 unspecified atom stereocenters. The summed E-state index contributed by atoms with van der Waals surface area (Å²) in [5.41, 5.74) is 4.99. The molecule has 0 radical (unpaired) electrons. The Morgan fingerprint density at radius 2 is 1.45 bits per heavy atom. The minimum Gasteiger partial charge on any atom is -0.337 e. The molecule has 1 aromatic heterocycles. The van der Waals surface area contributed by atoms with Crippen molar-refractivity contribution in [3.63, 3.8) is 0 Å². The molecule has 158 valence electrons. The third-order valence-electron chi connectivity index (χ3n) is 5.01. The fourth-order valence-corrected chi connectivity index (χ4v) is 4.43. The summed E-state index contributed by atoms with van der Waals surface area (Å²) in [6.45, 7) is 5.80. The van der Waals surface area contributed by atoms with Gasteiger partial charge in [-0.3, -0.25) is 4.72 Å². The van der Waals surface area contributed by atoms with Gasteiger partial charge in [0.2, 0.25) is 0 Å². The van der Waals surface area contributed by atoms with Crippen molar-refractivity contribution in [1.82, 2.24) is 9.97 Å². The number of sulfonamides is 1. The number of fused-ring (bicyclic) bond motifs is 1. The second kappa shape index (κ2) is 8.28. The van der Waals surface area contributed by atoms with E-state index >= 15 is 0 Å². The first-order valence-electron chi connectivity index (χ1n) is 9.63. The zero-order valence-electron chi connectivity index (χ0n) is 17.3. The molecule has 4 rings (SSSR count). The molecule has 0 atom stereocenters. The smallest absolute Gasteiger partial charge is 0.263 e. The molecule has 8 heteroatoms. The number of aryl methyl sites for hydroxylation is 3. The van der Waals surface area contributed by atoms with E-state index in [0.717, 1.165) is 26.9 Å². The van der Waals surface area contributed by atoms with Crippen LogP contribution in [0, 0.1) is 20.8 Å². The predicted octanol–water partition coefficient (Wildman–Crippen LogP) is 5.86. The zero-order valence-corrected chi connectivity index (χ0v) is 19.7. The van der Waals surface area contributed by atoms with E-state index in [2.05, 4.69) is 35.9 Å². The Kier molecular flexibility index (Phi) is 5.68. The van der Waals surface area contributed by atoms with E-state index in [1.807, 2.05) is 57.2 Å². The molecule has 0 aliphatic rings. The summed E-state index contributed by atoms with van der Waals surface area (Å²) < 4.78 is 29.8. The van der Waals surface area contributed by atoms with Crippen LogP contribution in [0.2, 0.25) is 0 Å². The number of anilines is 3. The van der Waals surface area contributed by atoms with Crippen molar-refractivity contribution in [3.05, 3.63) is 81.8 Å². The number of rotatable bonds is 5. The fraction of sp³-hybridized carbons (Fsp3) is 0.130. The van der Waals surface area contributed by atoms with E-state index in [0.29, 0.717) is 16.9 Å². The quantitative estimate of drug-likeness (QED) is 0.361. The molecule has 0 saturated carbocycles. The molecule has 4 aromatic rings. The molecule has 0 bridgehead atoms. The van der Waals surface area contributed by atoms with Crippen LogP contribution in [0.4, 0.5) is 17.3 Å². The lowest BCUT2D eigenvalue weighted by Crippen LogP contribution is -2.16. The van der Waals surface area contributed by atoms with Crippen LogP contribution in [-0.4, -0.2) is 18.4 Å². The minimum atomic E-state index is -3.85. The van der Waals surface area contributed by atoms with Crippen molar-refractivity contribution in [1.29, 1.82) is 0 Å². The molecule has 31 heavy (non-hydrogen) atoms. The van der Waals surface area contributed by atoms with E-state index in [4.69, 9.17) is 0 Å². The highest BCUT2D eigenvalue weighted by Gasteiger charge is 2.19. The Bertz CT molecular complexity index is 1400. The highest BCUT2D eigenvalue weighted by molar-refractivity contribution is 9.10. The summed E-state index contributed by atoms with van der Waals surface area (Å²) in [6, 6.07) is 18.1. The summed E-state index contributed by atoms with van der Waals surface area (Å²) in [6.07, 6.45) is 0. The molecule has 3 aromatic carbocycles. The van der Waals surface area contributed by atoms with Gasteiger partial charge in [-0.1, -0.05) is 34.1 Å². The van der Waals surface area contributed by atoms with E-state index in [1.54, 1.807) is 24.3 Å². The average Bonchev–Trinajstić information content (AvgIpc) is 2.73. The maximum atomic E-state index is 13.1. The number of para-hydroxylation sites is 2. The van der Waals surface area contributed by atoms with Crippen LogP contribution in [0.25, 0.3) is 11.0 Å². The number of nitrogens with zero attached hydrogens (tertiary/aromatic N) is 2. The van der Waals surface area contributed by atoms with Gasteiger partial charge < -0.3 is 5.32 Å². The SMILES string of the molecule is Cc1ccc(S(=O)(=O)Nc2nc3ccccc3nc2Nc2ccc(Br)c(C)c2)cc1C. The van der Waals surface area contributed by atoms with Gasteiger partial charge in [0, 0.05) is 10.2 Å². The van der Waals surface area contributed by atoms with Crippen LogP contribution in [0.15, 0.2) is 70.0 Å². The van der Waals surface area contributed by atoms with E-state index in [9.17, 15) is 8.42 Å². The van der Waals surface area contributed by atoms with Crippen molar-refractivity contribution in [2.45, 2.75) is 25.7 Å². The topological polar surface area (TPSA) is 84.0 Å². The molecular weight excluding hydrogens is 476 g/mol. The Labute approximate surface area is 189 Å². The minimum absolute atomic E-state index is 0.137. The first-order chi connectivity index (χ1) is 14.7. The largest absolute Gasteiger partial charge is 0.337 e. The molecule has 0 fully saturated rings. The van der Waals surface area contributed by atoms with Crippen LogP contribution in [0.3, 0.4) is 0 Å². The summed E-state index contributed by atoms with van der Waals surface area (Å²) in [7, 11) is -3.85. The lowest BCUT2D eigenvalue weighted by molar-refractivity contribution is 0.601. The van der Waals surface area contributed by atoms with Gasteiger partial charge in [-0.25, -0.2) is 18.4 Å². The highest BCUT2D eigenvalue weighted by Crippen LogP contribution is 2.29. The van der Waals surface area contributed by atoms with Gasteiger partial charge in [0.25, 0.3) is 10.0 Å². The van der Waals surface area contributed by atoms with Crippen molar-refractivity contribution < 1.29 is 8.42 Å². The highest BCUT2D eigenvalue weighted by atomic mass is 79.9. The molecule has 2 N–H and O–H groups in total. The third-order valence-corrected chi connectivity index (χ3v) is 7.24. The normalized spacial score (nSPS) is 11.5. The Hall–Kier alpha value is -2.97. The monoisotopic (exact) mass is 496 g/mol. The molecule has 0 amide bonds. The van der Waals surface area contributed by atoms with Crippen LogP contribution >= 0.6 is 15.9 Å². The van der Waals surface area contributed by atoms with Crippen molar-refractivity contribution in [3.8, 4) is 0 Å². The number of halogens is 1. The van der Waals surface area contributed by atoms with E-state index in [-0.39, 0.29) is 10.7 Å². The van der Waals surface area contributed by atoms with E-state index < -0.39 is 10.0 Å². The molecule has 0 spiro atoms. The number of hydrogen-bond acceptors (Lipinski definition) is 5. The van der Waals surface area contributed by atoms with Gasteiger partial charge in [0.05, 0.1) is 15.9 Å². The Balaban J connectivity index is 1.78. The van der Waals surface area contributed by atoms with Crippen molar-refractivity contribution >= 4 is 54.3 Å². The number of hydrogen-bond donors (Lipinski definition) is 2. The summed E-state index contributed by atoms with van der Waals surface area (Å²) in [5.74, 6) is 0.463. The average molecular weight is 497 g/mol. The van der Waals surface area contributed by atoms with Crippen LogP contribution < -0.4 is 10.0 Å². The maximum absolute atomic E-state index is 13.1. The second-order valence-corrected chi connectivity index (χ2v) is 9.89. The molecule has 1 heterocycles. The molecular formula is C23H21BrN4O2S. The predicted molar refractivity (Wildman–Crippen MR) is 128 cm³/mol. The summed E-state index contributed by atoms with van der Waals surface area (Å²) in [5, 5.41) is 3.21. The zero-order chi connectivity index (χ0) is 22.2. The molecule has 6 nitrogen and oxygen atoms in total. The summed E-state index contributed by atoms with van der Waals surface area (Å²) >= 11 is 3.49. The Morgan fingerprint density at radius 3 is 2.10 bits per heavy atom. The standard InChI is InChI=1S/C23H21BrN4O2S/c1-14-8-10-18(13-15(14)2)31(29,30)28-23-22(25-17-9-11-19(24)16(3)12-17)26-20-6-4-5-7-21(20)27-23/h4-13H,1-3H3,(H,25,26)(H,27,28). The van der Waals surface area contributed by atoms with Crippen LogP contribution in [-0.2, 0) is 10.0 Å². The van der Waals surface area contributed by atoms with Gasteiger partial charge in [0.1, 0.15) is 0 Å². The van der Waals surface area contributed by atoms with Gasteiger partial charge in [-0.15, -0.1) is 0 Å². The van der Waals surface area contributed by atoms with Crippen LogP contribution in [0.1, 0.15) is 16.7 Å². The van der Waals surface area contributed by atoms with Crippen molar-refractivity contribution in [2.24, 2.45) is 0 Å². The lowest BCUT2D eigenvalue weighted by atomic mass is 10.1. The first-order valence-corrected chi connectivity index (χ1v) is 11.9. The van der Waals surface area contributed by atoms with Gasteiger partial charge >= 0.3 is 0 Å². The van der Waals surface area contributed by atoms with Gasteiger partial charge in [-0.2, -0.15) is 0 Å².